The highest BCUT2D eigenvalue weighted by Gasteiger charge is 2.32. The van der Waals surface area contributed by atoms with Gasteiger partial charge in [-0.25, -0.2) is 4.57 Å². The summed E-state index contributed by atoms with van der Waals surface area (Å²) in [6.07, 6.45) is 16.9. The summed E-state index contributed by atoms with van der Waals surface area (Å²) in [5, 5.41) is 10.3. The molecular formula is C27H53O8P. The van der Waals surface area contributed by atoms with E-state index in [1.165, 1.54) is 64.2 Å². The van der Waals surface area contributed by atoms with Crippen LogP contribution in [0.2, 0.25) is 0 Å². The normalized spacial score (nSPS) is 13.5. The topological polar surface area (TPSA) is 130 Å². The monoisotopic (exact) mass is 536 g/mol. The fourth-order valence-corrected chi connectivity index (χ4v) is 4.50. The summed E-state index contributed by atoms with van der Waals surface area (Å²) in [5.41, 5.74) is 0. The lowest BCUT2D eigenvalue weighted by molar-refractivity contribution is -0.163. The minimum atomic E-state index is -4.82. The van der Waals surface area contributed by atoms with Crippen LogP contribution in [0.3, 0.4) is 0 Å². The lowest BCUT2D eigenvalue weighted by Crippen LogP contribution is -2.40. The molecule has 0 bridgehead atoms. The highest BCUT2D eigenvalue weighted by atomic mass is 31.2. The first-order valence-electron chi connectivity index (χ1n) is 14.3. The van der Waals surface area contributed by atoms with E-state index in [1.54, 1.807) is 0 Å². The van der Waals surface area contributed by atoms with Gasteiger partial charge in [-0.05, 0) is 12.8 Å². The predicted octanol–water partition coefficient (Wildman–Crippen LogP) is 6.78. The molecule has 0 amide bonds. The van der Waals surface area contributed by atoms with Crippen molar-refractivity contribution in [1.29, 1.82) is 0 Å². The number of phosphoric acid groups is 1. The van der Waals surface area contributed by atoms with Crippen molar-refractivity contribution in [3.05, 3.63) is 0 Å². The number of rotatable bonds is 26. The average molecular weight is 537 g/mol. The molecule has 0 radical (unpaired) electrons. The minimum Gasteiger partial charge on any atom is -0.451 e. The van der Waals surface area contributed by atoms with Crippen molar-refractivity contribution in [2.45, 2.75) is 154 Å². The van der Waals surface area contributed by atoms with Gasteiger partial charge in [0.2, 0.25) is 0 Å². The first-order valence-corrected chi connectivity index (χ1v) is 15.8. The van der Waals surface area contributed by atoms with Crippen LogP contribution >= 0.6 is 7.82 Å². The number of ketones is 1. The Hall–Kier alpha value is -0.790. The van der Waals surface area contributed by atoms with Crippen LogP contribution < -0.4 is 0 Å². The lowest BCUT2D eigenvalue weighted by atomic mass is 10.0. The molecule has 0 rings (SSSR count). The molecule has 0 aliphatic rings. The van der Waals surface area contributed by atoms with E-state index < -0.39 is 38.4 Å². The minimum absolute atomic E-state index is 0.138. The van der Waals surface area contributed by atoms with Crippen LogP contribution in [0.1, 0.15) is 142 Å². The summed E-state index contributed by atoms with van der Waals surface area (Å²) in [5.74, 6) is -1.03. The molecule has 9 heteroatoms. The summed E-state index contributed by atoms with van der Waals surface area (Å²) < 4.78 is 20.6. The van der Waals surface area contributed by atoms with E-state index in [0.717, 1.165) is 38.5 Å². The SMILES string of the molecule is CCCCCCCCCCCC(=O)OC(C(=O)CCCCCCCCCCC)C(O)COP(=O)(O)O. The molecule has 0 saturated heterocycles. The Morgan fingerprint density at radius 2 is 1.06 bits per heavy atom. The molecule has 0 spiro atoms. The highest BCUT2D eigenvalue weighted by Crippen LogP contribution is 2.36. The highest BCUT2D eigenvalue weighted by molar-refractivity contribution is 7.46. The number of unbranched alkanes of at least 4 members (excludes halogenated alkanes) is 16. The van der Waals surface area contributed by atoms with Gasteiger partial charge in [0.15, 0.2) is 11.9 Å². The number of hydrogen-bond donors (Lipinski definition) is 3. The zero-order valence-corrected chi connectivity index (χ0v) is 23.7. The number of Topliss-reactive ketones (excluding diaryl/α,β-unsaturated/α-hetero) is 1. The van der Waals surface area contributed by atoms with Gasteiger partial charge in [0.05, 0.1) is 6.61 Å². The second kappa shape index (κ2) is 23.3. The predicted molar refractivity (Wildman–Crippen MR) is 143 cm³/mol. The summed E-state index contributed by atoms with van der Waals surface area (Å²) in [7, 11) is -4.82. The van der Waals surface area contributed by atoms with E-state index in [2.05, 4.69) is 18.4 Å². The third-order valence-corrected chi connectivity index (χ3v) is 6.84. The van der Waals surface area contributed by atoms with E-state index in [1.807, 2.05) is 0 Å². The second-order valence-electron chi connectivity index (χ2n) is 9.89. The average Bonchev–Trinajstić information content (AvgIpc) is 2.83. The third-order valence-electron chi connectivity index (χ3n) is 6.35. The van der Waals surface area contributed by atoms with Crippen molar-refractivity contribution in [2.24, 2.45) is 0 Å². The van der Waals surface area contributed by atoms with Gasteiger partial charge < -0.3 is 19.6 Å². The smallest absolute Gasteiger partial charge is 0.451 e. The van der Waals surface area contributed by atoms with Crippen molar-refractivity contribution < 1.29 is 38.3 Å². The van der Waals surface area contributed by atoms with Crippen LogP contribution in [0.25, 0.3) is 0 Å². The number of phosphoric ester groups is 1. The Bertz CT molecular complexity index is 592. The van der Waals surface area contributed by atoms with Crippen LogP contribution in [0.5, 0.6) is 0 Å². The van der Waals surface area contributed by atoms with Gasteiger partial charge in [-0.15, -0.1) is 0 Å². The van der Waals surface area contributed by atoms with Crippen LogP contribution in [-0.2, 0) is 23.4 Å². The van der Waals surface area contributed by atoms with Crippen LogP contribution in [0.15, 0.2) is 0 Å². The standard InChI is InChI=1S/C27H53O8P/c1-3-5-7-9-11-13-15-17-19-21-24(28)27(25(29)23-34-36(31,32)33)35-26(30)22-20-18-16-14-12-10-8-6-4-2/h25,27,29H,3-23H2,1-2H3,(H2,31,32,33). The number of aliphatic hydroxyl groups is 1. The molecule has 8 nitrogen and oxygen atoms in total. The zero-order chi connectivity index (χ0) is 27.1. The maximum absolute atomic E-state index is 12.7. The van der Waals surface area contributed by atoms with E-state index in [9.17, 15) is 19.3 Å². The van der Waals surface area contributed by atoms with E-state index >= 15 is 0 Å². The molecule has 36 heavy (non-hydrogen) atoms. The zero-order valence-electron chi connectivity index (χ0n) is 22.8. The summed E-state index contributed by atoms with van der Waals surface area (Å²) in [6, 6.07) is 0. The Balaban J connectivity index is 4.39. The summed E-state index contributed by atoms with van der Waals surface area (Å²) in [6.45, 7) is 3.59. The number of carbonyl (C=O) groups is 2. The Labute approximate surface area is 219 Å². The Morgan fingerprint density at radius 1 is 0.667 bits per heavy atom. The first kappa shape index (κ1) is 35.2. The third kappa shape index (κ3) is 22.4. The fraction of sp³-hybridized carbons (Fsp3) is 0.926. The van der Waals surface area contributed by atoms with E-state index in [0.29, 0.717) is 12.8 Å². The first-order chi connectivity index (χ1) is 17.2. The fourth-order valence-electron chi connectivity index (χ4n) is 4.15. The molecule has 0 fully saturated rings. The molecule has 0 aromatic carbocycles. The molecule has 3 N–H and O–H groups in total. The van der Waals surface area contributed by atoms with Crippen molar-refractivity contribution in [3.63, 3.8) is 0 Å². The van der Waals surface area contributed by atoms with E-state index in [-0.39, 0.29) is 12.8 Å². The van der Waals surface area contributed by atoms with Crippen molar-refractivity contribution in [2.75, 3.05) is 6.61 Å². The molecule has 0 aliphatic carbocycles. The van der Waals surface area contributed by atoms with Gasteiger partial charge in [-0.2, -0.15) is 0 Å². The molecule has 0 aliphatic heterocycles. The molecule has 0 heterocycles. The maximum atomic E-state index is 12.7. The molecular weight excluding hydrogens is 483 g/mol. The van der Waals surface area contributed by atoms with Crippen LogP contribution in [-0.4, -0.2) is 45.5 Å². The number of ether oxygens (including phenoxy) is 1. The van der Waals surface area contributed by atoms with Gasteiger partial charge in [-0.1, -0.05) is 117 Å². The van der Waals surface area contributed by atoms with Gasteiger partial charge in [0, 0.05) is 12.8 Å². The van der Waals surface area contributed by atoms with Crippen LogP contribution in [0.4, 0.5) is 0 Å². The van der Waals surface area contributed by atoms with Gasteiger partial charge in [-0.3, -0.25) is 14.1 Å². The van der Waals surface area contributed by atoms with Crippen molar-refractivity contribution in [1.82, 2.24) is 0 Å². The van der Waals surface area contributed by atoms with Crippen molar-refractivity contribution in [3.8, 4) is 0 Å². The van der Waals surface area contributed by atoms with Crippen molar-refractivity contribution >= 4 is 19.6 Å². The number of esters is 1. The van der Waals surface area contributed by atoms with Gasteiger partial charge >= 0.3 is 13.8 Å². The number of hydrogen-bond acceptors (Lipinski definition) is 6. The Kier molecular flexibility index (Phi) is 22.8. The molecule has 0 aromatic rings. The number of aliphatic hydroxyl groups excluding tert-OH is 1. The lowest BCUT2D eigenvalue weighted by Gasteiger charge is -2.22. The second-order valence-corrected chi connectivity index (χ2v) is 11.1. The quantitative estimate of drug-likeness (QED) is 0.0626. The summed E-state index contributed by atoms with van der Waals surface area (Å²) >= 11 is 0. The molecule has 214 valence electrons. The molecule has 0 saturated carbocycles. The Morgan fingerprint density at radius 3 is 1.47 bits per heavy atom. The molecule has 0 aromatic heterocycles. The van der Waals surface area contributed by atoms with E-state index in [4.69, 9.17) is 14.5 Å². The van der Waals surface area contributed by atoms with Gasteiger partial charge in [0.25, 0.3) is 0 Å². The number of carbonyl (C=O) groups excluding carboxylic acids is 2. The van der Waals surface area contributed by atoms with Crippen LogP contribution in [0, 0.1) is 0 Å². The molecule has 2 atom stereocenters. The largest absolute Gasteiger partial charge is 0.469 e. The van der Waals surface area contributed by atoms with Gasteiger partial charge in [0.1, 0.15) is 6.10 Å². The molecule has 2 unspecified atom stereocenters. The summed E-state index contributed by atoms with van der Waals surface area (Å²) in [4.78, 5) is 42.8. The maximum Gasteiger partial charge on any atom is 0.469 e.